The molecule has 0 atom stereocenters. The zero-order chi connectivity index (χ0) is 14.5. The molecule has 0 aliphatic rings. The maximum atomic E-state index is 11.9. The average Bonchev–Trinajstić information content (AvgIpc) is 2.42. The summed E-state index contributed by atoms with van der Waals surface area (Å²) in [5, 5.41) is 0. The van der Waals surface area contributed by atoms with E-state index in [-0.39, 0.29) is 5.97 Å². The van der Waals surface area contributed by atoms with Crippen LogP contribution in [0, 0.1) is 13.8 Å². The van der Waals surface area contributed by atoms with E-state index >= 15 is 0 Å². The van der Waals surface area contributed by atoms with Crippen LogP contribution in [0.15, 0.2) is 53.0 Å². The molecule has 2 rings (SSSR count). The Labute approximate surface area is 127 Å². The third-order valence-electron chi connectivity index (χ3n) is 2.84. The number of carbonyl (C=O) groups is 1. The second kappa shape index (κ2) is 6.53. The van der Waals surface area contributed by atoms with Crippen LogP contribution in [-0.2, 0) is 4.79 Å². The summed E-state index contributed by atoms with van der Waals surface area (Å²) in [4.78, 5) is 11.9. The van der Waals surface area contributed by atoms with Crippen LogP contribution in [0.25, 0.3) is 6.08 Å². The van der Waals surface area contributed by atoms with E-state index in [1.807, 2.05) is 56.3 Å². The number of benzene rings is 2. The molecule has 2 aromatic rings. The van der Waals surface area contributed by atoms with Gasteiger partial charge >= 0.3 is 5.97 Å². The summed E-state index contributed by atoms with van der Waals surface area (Å²) >= 11 is 3.42. The van der Waals surface area contributed by atoms with Gasteiger partial charge in [0.1, 0.15) is 5.75 Å². The van der Waals surface area contributed by atoms with Gasteiger partial charge in [0, 0.05) is 10.5 Å². The zero-order valence-electron chi connectivity index (χ0n) is 11.4. The zero-order valence-corrected chi connectivity index (χ0v) is 13.0. The molecule has 0 amide bonds. The summed E-state index contributed by atoms with van der Waals surface area (Å²) in [6.45, 7) is 3.84. The summed E-state index contributed by atoms with van der Waals surface area (Å²) in [7, 11) is 0. The van der Waals surface area contributed by atoms with E-state index < -0.39 is 0 Å². The molecule has 0 heterocycles. The molecule has 0 aromatic heterocycles. The van der Waals surface area contributed by atoms with Crippen LogP contribution in [0.3, 0.4) is 0 Å². The Morgan fingerprint density at radius 1 is 1.10 bits per heavy atom. The number of hydrogen-bond donors (Lipinski definition) is 0. The first-order valence-corrected chi connectivity index (χ1v) is 7.07. The molecule has 2 nitrogen and oxygen atoms in total. The second-order valence-electron chi connectivity index (χ2n) is 4.53. The Hall–Kier alpha value is -1.87. The molecule has 102 valence electrons. The number of esters is 1. The van der Waals surface area contributed by atoms with Crippen molar-refractivity contribution in [2.75, 3.05) is 0 Å². The highest BCUT2D eigenvalue weighted by Gasteiger charge is 2.08. The fourth-order valence-electron chi connectivity index (χ4n) is 1.92. The van der Waals surface area contributed by atoms with Crippen molar-refractivity contribution in [1.29, 1.82) is 0 Å². The van der Waals surface area contributed by atoms with E-state index in [0.717, 1.165) is 21.2 Å². The Kier molecular flexibility index (Phi) is 4.74. The van der Waals surface area contributed by atoms with Gasteiger partial charge < -0.3 is 4.74 Å². The number of halogens is 1. The van der Waals surface area contributed by atoms with Crippen LogP contribution in [0.1, 0.15) is 16.7 Å². The highest BCUT2D eigenvalue weighted by atomic mass is 79.9. The molecular weight excluding hydrogens is 316 g/mol. The molecule has 0 aliphatic carbocycles. The van der Waals surface area contributed by atoms with Gasteiger partial charge in [-0.15, -0.1) is 0 Å². The van der Waals surface area contributed by atoms with Gasteiger partial charge in [0.15, 0.2) is 0 Å². The summed E-state index contributed by atoms with van der Waals surface area (Å²) in [6, 6.07) is 13.5. The molecule has 0 fully saturated rings. The van der Waals surface area contributed by atoms with E-state index in [1.165, 1.54) is 6.08 Å². The molecule has 0 bridgehead atoms. The lowest BCUT2D eigenvalue weighted by Crippen LogP contribution is -2.06. The fraction of sp³-hybridized carbons (Fsp3) is 0.118. The van der Waals surface area contributed by atoms with Crippen LogP contribution in [0.4, 0.5) is 0 Å². The smallest absolute Gasteiger partial charge is 0.336 e. The van der Waals surface area contributed by atoms with Crippen molar-refractivity contribution < 1.29 is 9.53 Å². The Bertz CT molecular complexity index is 622. The monoisotopic (exact) mass is 330 g/mol. The number of rotatable bonds is 3. The standard InChI is InChI=1S/C17H15BrO2/c1-12-10-15(18)11-13(2)17(12)20-16(19)9-8-14-6-4-3-5-7-14/h3-11H,1-2H3. The van der Waals surface area contributed by atoms with Crippen LogP contribution in [0.2, 0.25) is 0 Å². The molecule has 3 heteroatoms. The summed E-state index contributed by atoms with van der Waals surface area (Å²) in [6.07, 6.45) is 3.18. The molecule has 0 aliphatic heterocycles. The molecule has 0 unspecified atom stereocenters. The lowest BCUT2D eigenvalue weighted by molar-refractivity contribution is -0.129. The van der Waals surface area contributed by atoms with Gasteiger partial charge in [-0.2, -0.15) is 0 Å². The minimum atomic E-state index is -0.373. The van der Waals surface area contributed by atoms with Crippen LogP contribution >= 0.6 is 15.9 Å². The van der Waals surface area contributed by atoms with Gasteiger partial charge in [0.2, 0.25) is 0 Å². The van der Waals surface area contributed by atoms with Gasteiger partial charge in [0.05, 0.1) is 0 Å². The Morgan fingerprint density at radius 2 is 1.70 bits per heavy atom. The third-order valence-corrected chi connectivity index (χ3v) is 3.30. The van der Waals surface area contributed by atoms with Crippen LogP contribution in [-0.4, -0.2) is 5.97 Å². The Balaban J connectivity index is 2.11. The van der Waals surface area contributed by atoms with Gasteiger partial charge in [-0.3, -0.25) is 0 Å². The maximum absolute atomic E-state index is 11.9. The van der Waals surface area contributed by atoms with Crippen LogP contribution in [0.5, 0.6) is 5.75 Å². The average molecular weight is 331 g/mol. The van der Waals surface area contributed by atoms with Crippen molar-refractivity contribution in [2.24, 2.45) is 0 Å². The number of carbonyl (C=O) groups excluding carboxylic acids is 1. The van der Waals surface area contributed by atoms with E-state index in [2.05, 4.69) is 15.9 Å². The molecule has 2 aromatic carbocycles. The van der Waals surface area contributed by atoms with Gasteiger partial charge in [0.25, 0.3) is 0 Å². The fourth-order valence-corrected chi connectivity index (χ4v) is 2.61. The van der Waals surface area contributed by atoms with Crippen molar-refractivity contribution >= 4 is 28.0 Å². The SMILES string of the molecule is Cc1cc(Br)cc(C)c1OC(=O)C=Cc1ccccc1. The first kappa shape index (κ1) is 14.5. The number of aryl methyl sites for hydroxylation is 2. The van der Waals surface area contributed by atoms with E-state index in [9.17, 15) is 4.79 Å². The maximum Gasteiger partial charge on any atom is 0.336 e. The van der Waals surface area contributed by atoms with Crippen LogP contribution < -0.4 is 4.74 Å². The largest absolute Gasteiger partial charge is 0.423 e. The quantitative estimate of drug-likeness (QED) is 0.463. The molecule has 0 saturated carbocycles. The predicted octanol–water partition coefficient (Wildman–Crippen LogP) is 4.68. The van der Waals surface area contributed by atoms with Gasteiger partial charge in [-0.05, 0) is 48.7 Å². The normalized spacial score (nSPS) is 10.8. The van der Waals surface area contributed by atoms with Crippen molar-refractivity contribution in [1.82, 2.24) is 0 Å². The van der Waals surface area contributed by atoms with E-state index in [4.69, 9.17) is 4.74 Å². The second-order valence-corrected chi connectivity index (χ2v) is 5.45. The predicted molar refractivity (Wildman–Crippen MR) is 84.7 cm³/mol. The van der Waals surface area contributed by atoms with E-state index in [1.54, 1.807) is 6.08 Å². The van der Waals surface area contributed by atoms with Gasteiger partial charge in [-0.1, -0.05) is 46.3 Å². The highest BCUT2D eigenvalue weighted by Crippen LogP contribution is 2.27. The first-order valence-electron chi connectivity index (χ1n) is 6.28. The third kappa shape index (κ3) is 3.81. The summed E-state index contributed by atoms with van der Waals surface area (Å²) < 4.78 is 6.38. The molecule has 0 spiro atoms. The van der Waals surface area contributed by atoms with Crippen molar-refractivity contribution in [2.45, 2.75) is 13.8 Å². The lowest BCUT2D eigenvalue weighted by Gasteiger charge is -2.09. The molecule has 0 saturated heterocycles. The molecule has 0 radical (unpaired) electrons. The summed E-state index contributed by atoms with van der Waals surface area (Å²) in [5.41, 5.74) is 2.82. The minimum absolute atomic E-state index is 0.373. The topological polar surface area (TPSA) is 26.3 Å². The first-order chi connectivity index (χ1) is 9.56. The van der Waals surface area contributed by atoms with Crippen molar-refractivity contribution in [3.63, 3.8) is 0 Å². The summed E-state index contributed by atoms with van der Waals surface area (Å²) in [5.74, 6) is 0.248. The van der Waals surface area contributed by atoms with Gasteiger partial charge in [-0.25, -0.2) is 4.79 Å². The minimum Gasteiger partial charge on any atom is -0.423 e. The van der Waals surface area contributed by atoms with Crippen molar-refractivity contribution in [3.05, 3.63) is 69.7 Å². The number of ether oxygens (including phenoxy) is 1. The molecular formula is C17H15BrO2. The highest BCUT2D eigenvalue weighted by molar-refractivity contribution is 9.10. The Morgan fingerprint density at radius 3 is 2.30 bits per heavy atom. The molecule has 20 heavy (non-hydrogen) atoms. The van der Waals surface area contributed by atoms with E-state index in [0.29, 0.717) is 5.75 Å². The van der Waals surface area contributed by atoms with Crippen molar-refractivity contribution in [3.8, 4) is 5.75 Å². The molecule has 0 N–H and O–H groups in total. The number of hydrogen-bond acceptors (Lipinski definition) is 2. The lowest BCUT2D eigenvalue weighted by atomic mass is 10.1.